The Morgan fingerprint density at radius 2 is 2.03 bits per heavy atom. The molecular formula is C20H22BrClN4O2S. The van der Waals surface area contributed by atoms with E-state index in [1.807, 2.05) is 36.4 Å². The van der Waals surface area contributed by atoms with Crippen molar-refractivity contribution in [2.45, 2.75) is 32.9 Å². The van der Waals surface area contributed by atoms with Crippen LogP contribution in [0.3, 0.4) is 0 Å². The molecule has 0 fully saturated rings. The fraction of sp³-hybridized carbons (Fsp3) is 0.300. The molecule has 0 saturated carbocycles. The van der Waals surface area contributed by atoms with E-state index in [-0.39, 0.29) is 0 Å². The van der Waals surface area contributed by atoms with Gasteiger partial charge in [-0.25, -0.2) is 4.68 Å². The summed E-state index contributed by atoms with van der Waals surface area (Å²) >= 11 is 15.1. The quantitative estimate of drug-likeness (QED) is 0.375. The Balaban J connectivity index is 1.75. The lowest BCUT2D eigenvalue weighted by Crippen LogP contribution is -2.18. The summed E-state index contributed by atoms with van der Waals surface area (Å²) in [7, 11) is 1.62. The van der Waals surface area contributed by atoms with Crippen molar-refractivity contribution in [1.82, 2.24) is 14.9 Å². The maximum atomic E-state index is 6.21. The Kier molecular flexibility index (Phi) is 7.57. The van der Waals surface area contributed by atoms with Crippen LogP contribution >= 0.6 is 39.7 Å². The highest BCUT2D eigenvalue weighted by molar-refractivity contribution is 9.10. The number of hydrogen-bond donors (Lipinski definition) is 2. The van der Waals surface area contributed by atoms with E-state index in [0.29, 0.717) is 34.4 Å². The standard InChI is InChI=1S/C20H22BrClN4O2S/c1-3-6-19-24-25-20(29)26(19)23-11-14-9-17(27-2)18(10-15(14)21)28-12-13-7-4-5-8-16(13)22/h4-5,7-10,23H,3,6,11-12H2,1-2H3,(H,25,29). The van der Waals surface area contributed by atoms with E-state index in [1.165, 1.54) is 0 Å². The molecule has 0 spiro atoms. The van der Waals surface area contributed by atoms with E-state index in [9.17, 15) is 0 Å². The second-order valence-corrected chi connectivity index (χ2v) is 7.99. The Labute approximate surface area is 188 Å². The molecule has 1 aromatic heterocycles. The maximum absolute atomic E-state index is 6.21. The first-order valence-electron chi connectivity index (χ1n) is 9.16. The minimum Gasteiger partial charge on any atom is -0.493 e. The first-order chi connectivity index (χ1) is 14.0. The molecule has 154 valence electrons. The van der Waals surface area contributed by atoms with Crippen LogP contribution in [0.5, 0.6) is 11.5 Å². The lowest BCUT2D eigenvalue weighted by Gasteiger charge is -2.16. The highest BCUT2D eigenvalue weighted by Crippen LogP contribution is 2.34. The molecule has 0 amide bonds. The van der Waals surface area contributed by atoms with Crippen LogP contribution in [0.15, 0.2) is 40.9 Å². The number of benzene rings is 2. The Hall–Kier alpha value is -2.03. The molecule has 0 aliphatic carbocycles. The number of ether oxygens (including phenoxy) is 2. The van der Waals surface area contributed by atoms with Gasteiger partial charge in [-0.05, 0) is 42.4 Å². The molecular weight excluding hydrogens is 476 g/mol. The summed E-state index contributed by atoms with van der Waals surface area (Å²) in [5.41, 5.74) is 5.23. The van der Waals surface area contributed by atoms with Crippen LogP contribution in [0.2, 0.25) is 5.02 Å². The third-order valence-electron chi connectivity index (χ3n) is 4.32. The summed E-state index contributed by atoms with van der Waals surface area (Å²) in [5, 5.41) is 7.76. The van der Waals surface area contributed by atoms with Gasteiger partial charge in [0.25, 0.3) is 0 Å². The topological polar surface area (TPSA) is 64.1 Å². The number of rotatable bonds is 9. The fourth-order valence-electron chi connectivity index (χ4n) is 2.80. The van der Waals surface area contributed by atoms with Crippen LogP contribution in [0, 0.1) is 4.77 Å². The molecule has 1 heterocycles. The van der Waals surface area contributed by atoms with Crippen molar-refractivity contribution in [3.63, 3.8) is 0 Å². The van der Waals surface area contributed by atoms with E-state index >= 15 is 0 Å². The van der Waals surface area contributed by atoms with E-state index in [1.54, 1.807) is 11.8 Å². The largest absolute Gasteiger partial charge is 0.493 e. The normalized spacial score (nSPS) is 10.8. The number of halogens is 2. The summed E-state index contributed by atoms with van der Waals surface area (Å²) in [4.78, 5) is 0. The molecule has 0 aliphatic heterocycles. The molecule has 2 N–H and O–H groups in total. The van der Waals surface area contributed by atoms with Gasteiger partial charge in [-0.2, -0.15) is 5.10 Å². The molecule has 2 aromatic carbocycles. The third-order valence-corrected chi connectivity index (χ3v) is 5.70. The van der Waals surface area contributed by atoms with Gasteiger partial charge in [0.1, 0.15) is 6.61 Å². The van der Waals surface area contributed by atoms with Crippen molar-refractivity contribution in [2.24, 2.45) is 0 Å². The SMILES string of the molecule is CCCc1n[nH]c(=S)n1NCc1cc(OC)c(OCc2ccccc2Cl)cc1Br. The van der Waals surface area contributed by atoms with E-state index in [2.05, 4.69) is 38.5 Å². The van der Waals surface area contributed by atoms with Crippen molar-refractivity contribution < 1.29 is 9.47 Å². The smallest absolute Gasteiger partial charge is 0.214 e. The predicted octanol–water partition coefficient (Wildman–Crippen LogP) is 5.64. The molecule has 9 heteroatoms. The zero-order valence-corrected chi connectivity index (χ0v) is 19.3. The summed E-state index contributed by atoms with van der Waals surface area (Å²) in [5.74, 6) is 2.15. The number of H-pyrrole nitrogens is 1. The number of aryl methyl sites for hydroxylation is 1. The van der Waals surface area contributed by atoms with Crippen LogP contribution in [0.25, 0.3) is 0 Å². The molecule has 29 heavy (non-hydrogen) atoms. The van der Waals surface area contributed by atoms with Gasteiger partial charge in [-0.3, -0.25) is 5.10 Å². The Morgan fingerprint density at radius 1 is 1.24 bits per heavy atom. The fourth-order valence-corrected chi connectivity index (χ4v) is 3.67. The minimum atomic E-state index is 0.352. The van der Waals surface area contributed by atoms with Gasteiger partial charge in [-0.15, -0.1) is 0 Å². The second-order valence-electron chi connectivity index (χ2n) is 6.34. The molecule has 0 unspecified atom stereocenters. The van der Waals surface area contributed by atoms with Gasteiger partial charge in [0.15, 0.2) is 17.3 Å². The molecule has 0 aliphatic rings. The number of nitrogens with one attached hydrogen (secondary N) is 2. The van der Waals surface area contributed by atoms with Crippen LogP contribution in [-0.4, -0.2) is 22.0 Å². The molecule has 0 saturated heterocycles. The Bertz CT molecular complexity index is 1040. The van der Waals surface area contributed by atoms with Crippen molar-refractivity contribution in [1.29, 1.82) is 0 Å². The average Bonchev–Trinajstić information content (AvgIpc) is 3.06. The third kappa shape index (κ3) is 5.32. The number of aromatic nitrogens is 3. The zero-order chi connectivity index (χ0) is 20.8. The zero-order valence-electron chi connectivity index (χ0n) is 16.2. The molecule has 0 radical (unpaired) electrons. The summed E-state index contributed by atoms with van der Waals surface area (Å²) in [6, 6.07) is 11.4. The first-order valence-corrected chi connectivity index (χ1v) is 10.7. The average molecular weight is 498 g/mol. The molecule has 0 atom stereocenters. The molecule has 6 nitrogen and oxygen atoms in total. The summed E-state index contributed by atoms with van der Waals surface area (Å²) in [6.07, 6.45) is 1.82. The van der Waals surface area contributed by atoms with E-state index in [4.69, 9.17) is 33.3 Å². The van der Waals surface area contributed by atoms with Crippen LogP contribution in [-0.2, 0) is 19.6 Å². The second kappa shape index (κ2) is 10.1. The van der Waals surface area contributed by atoms with Crippen molar-refractivity contribution in [3.8, 4) is 11.5 Å². The number of methoxy groups -OCH3 is 1. The molecule has 0 bridgehead atoms. The lowest BCUT2D eigenvalue weighted by atomic mass is 10.2. The number of nitrogens with zero attached hydrogens (tertiary/aromatic N) is 2. The maximum Gasteiger partial charge on any atom is 0.214 e. The van der Waals surface area contributed by atoms with E-state index in [0.717, 1.165) is 34.3 Å². The molecule has 3 aromatic rings. The van der Waals surface area contributed by atoms with Gasteiger partial charge >= 0.3 is 0 Å². The van der Waals surface area contributed by atoms with Gasteiger partial charge in [-0.1, -0.05) is 52.7 Å². The van der Waals surface area contributed by atoms with Crippen molar-refractivity contribution in [2.75, 3.05) is 12.5 Å². The van der Waals surface area contributed by atoms with Crippen LogP contribution < -0.4 is 14.9 Å². The summed E-state index contributed by atoms with van der Waals surface area (Å²) in [6.45, 7) is 2.99. The summed E-state index contributed by atoms with van der Waals surface area (Å²) < 4.78 is 14.7. The van der Waals surface area contributed by atoms with Gasteiger partial charge < -0.3 is 14.9 Å². The minimum absolute atomic E-state index is 0.352. The highest BCUT2D eigenvalue weighted by atomic mass is 79.9. The van der Waals surface area contributed by atoms with Gasteiger partial charge in [0, 0.05) is 21.5 Å². The van der Waals surface area contributed by atoms with Gasteiger partial charge in [0.05, 0.1) is 13.7 Å². The number of aromatic amines is 1. The lowest BCUT2D eigenvalue weighted by molar-refractivity contribution is 0.284. The predicted molar refractivity (Wildman–Crippen MR) is 121 cm³/mol. The first kappa shape index (κ1) is 21.7. The van der Waals surface area contributed by atoms with E-state index < -0.39 is 0 Å². The highest BCUT2D eigenvalue weighted by Gasteiger charge is 2.12. The monoisotopic (exact) mass is 496 g/mol. The number of hydrogen-bond acceptors (Lipinski definition) is 5. The van der Waals surface area contributed by atoms with Gasteiger partial charge in [0.2, 0.25) is 4.77 Å². The molecule has 3 rings (SSSR count). The van der Waals surface area contributed by atoms with Crippen molar-refractivity contribution in [3.05, 3.63) is 67.6 Å². The van der Waals surface area contributed by atoms with Crippen LogP contribution in [0.1, 0.15) is 30.3 Å². The van der Waals surface area contributed by atoms with Crippen LogP contribution in [0.4, 0.5) is 0 Å². The Morgan fingerprint density at radius 3 is 2.76 bits per heavy atom. The van der Waals surface area contributed by atoms with Crippen molar-refractivity contribution >= 4 is 39.7 Å².